The predicted octanol–water partition coefficient (Wildman–Crippen LogP) is 3.52. The van der Waals surface area contributed by atoms with Gasteiger partial charge >= 0.3 is 0 Å². The van der Waals surface area contributed by atoms with Gasteiger partial charge in [0, 0.05) is 18.7 Å². The molecule has 0 radical (unpaired) electrons. The molecule has 1 N–H and O–H groups in total. The van der Waals surface area contributed by atoms with Crippen LogP contribution in [0.1, 0.15) is 36.6 Å². The molecule has 3 rings (SSSR count). The topological polar surface area (TPSA) is 90.0 Å². The van der Waals surface area contributed by atoms with E-state index in [9.17, 15) is 10.1 Å². The van der Waals surface area contributed by atoms with Gasteiger partial charge in [-0.05, 0) is 44.1 Å². The van der Waals surface area contributed by atoms with E-state index < -0.39 is 4.92 Å². The van der Waals surface area contributed by atoms with Gasteiger partial charge in [-0.25, -0.2) is 0 Å². The highest BCUT2D eigenvalue weighted by atomic mass is 16.6. The van der Waals surface area contributed by atoms with Gasteiger partial charge < -0.3 is 19.2 Å². The molecule has 2 heterocycles. The van der Waals surface area contributed by atoms with Crippen molar-refractivity contribution >= 4 is 5.69 Å². The molecule has 1 aliphatic rings. The van der Waals surface area contributed by atoms with Crippen LogP contribution < -0.4 is 14.8 Å². The fraction of sp³-hybridized carbons (Fsp3) is 0.500. The van der Waals surface area contributed by atoms with Gasteiger partial charge in [0.1, 0.15) is 5.76 Å². The molecule has 0 amide bonds. The summed E-state index contributed by atoms with van der Waals surface area (Å²) in [5, 5.41) is 14.8. The van der Waals surface area contributed by atoms with Crippen molar-refractivity contribution in [3.8, 4) is 11.5 Å². The summed E-state index contributed by atoms with van der Waals surface area (Å²) < 4.78 is 16.1. The molecule has 2 aromatic rings. The first-order valence-electron chi connectivity index (χ1n) is 9.51. The molecule has 1 unspecified atom stereocenters. The Bertz CT molecular complexity index is 772. The highest BCUT2D eigenvalue weighted by molar-refractivity contribution is 5.54. The Hall–Kier alpha value is -2.58. The van der Waals surface area contributed by atoms with Crippen LogP contribution in [-0.2, 0) is 6.54 Å². The maximum Gasteiger partial charge on any atom is 0.277 e. The summed E-state index contributed by atoms with van der Waals surface area (Å²) in [5.74, 6) is 1.74. The first-order valence-corrected chi connectivity index (χ1v) is 9.51. The van der Waals surface area contributed by atoms with E-state index in [0.717, 1.165) is 18.8 Å². The Labute approximate surface area is 164 Å². The largest absolute Gasteiger partial charge is 0.493 e. The molecule has 1 atom stereocenters. The van der Waals surface area contributed by atoms with Gasteiger partial charge in [-0.15, -0.1) is 0 Å². The van der Waals surface area contributed by atoms with Crippen LogP contribution >= 0.6 is 0 Å². The van der Waals surface area contributed by atoms with Crippen LogP contribution in [0.3, 0.4) is 0 Å². The molecule has 1 aromatic heterocycles. The molecular weight excluding hydrogens is 362 g/mol. The number of nitrogens with one attached hydrogen (secondary N) is 1. The van der Waals surface area contributed by atoms with Crippen molar-refractivity contribution in [2.45, 2.75) is 31.8 Å². The van der Waals surface area contributed by atoms with E-state index in [1.807, 2.05) is 12.1 Å². The van der Waals surface area contributed by atoms with Gasteiger partial charge in [0.15, 0.2) is 11.5 Å². The van der Waals surface area contributed by atoms with E-state index in [2.05, 4.69) is 10.2 Å². The molecule has 1 fully saturated rings. The molecule has 0 spiro atoms. The molecular formula is C20H27N3O5. The van der Waals surface area contributed by atoms with Gasteiger partial charge in [-0.3, -0.25) is 15.0 Å². The Morgan fingerprint density at radius 1 is 1.21 bits per heavy atom. The van der Waals surface area contributed by atoms with Gasteiger partial charge in [0.2, 0.25) is 0 Å². The first kappa shape index (κ1) is 20.2. The number of nitro groups is 1. The first-order chi connectivity index (χ1) is 13.6. The maximum absolute atomic E-state index is 11.5. The predicted molar refractivity (Wildman–Crippen MR) is 105 cm³/mol. The van der Waals surface area contributed by atoms with Crippen molar-refractivity contribution in [3.63, 3.8) is 0 Å². The zero-order valence-corrected chi connectivity index (χ0v) is 16.3. The van der Waals surface area contributed by atoms with Crippen molar-refractivity contribution in [3.05, 3.63) is 52.0 Å². The zero-order chi connectivity index (χ0) is 19.9. The number of benzene rings is 1. The number of hydrogen-bond donors (Lipinski definition) is 1. The summed E-state index contributed by atoms with van der Waals surface area (Å²) in [6, 6.07) is 7.05. The lowest BCUT2D eigenvalue weighted by atomic mass is 10.1. The van der Waals surface area contributed by atoms with Crippen molar-refractivity contribution in [2.75, 3.05) is 33.9 Å². The summed E-state index contributed by atoms with van der Waals surface area (Å²) in [7, 11) is 2.98. The number of furan rings is 1. The quantitative estimate of drug-likeness (QED) is 0.518. The Morgan fingerprint density at radius 2 is 1.93 bits per heavy atom. The fourth-order valence-electron chi connectivity index (χ4n) is 3.69. The van der Waals surface area contributed by atoms with Crippen LogP contribution in [0.25, 0.3) is 0 Å². The SMILES string of the molecule is COc1cc(CNCC(c2ccco2)N2CCCCC2)c([N+](=O)[O-])cc1OC. The molecule has 1 aromatic carbocycles. The van der Waals surface area contributed by atoms with Crippen LogP contribution in [0.4, 0.5) is 5.69 Å². The van der Waals surface area contributed by atoms with Crippen molar-refractivity contribution < 1.29 is 18.8 Å². The molecule has 8 nitrogen and oxygen atoms in total. The number of methoxy groups -OCH3 is 2. The smallest absolute Gasteiger partial charge is 0.277 e. The van der Waals surface area contributed by atoms with E-state index in [0.29, 0.717) is 30.2 Å². The number of ether oxygens (including phenoxy) is 2. The Morgan fingerprint density at radius 3 is 2.54 bits per heavy atom. The number of nitrogens with zero attached hydrogens (tertiary/aromatic N) is 2. The third-order valence-electron chi connectivity index (χ3n) is 5.14. The van der Waals surface area contributed by atoms with Crippen LogP contribution in [-0.4, -0.2) is 43.7 Å². The highest BCUT2D eigenvalue weighted by Crippen LogP contribution is 2.34. The van der Waals surface area contributed by atoms with E-state index >= 15 is 0 Å². The molecule has 152 valence electrons. The lowest BCUT2D eigenvalue weighted by molar-refractivity contribution is -0.385. The summed E-state index contributed by atoms with van der Waals surface area (Å²) in [5.41, 5.74) is 0.567. The summed E-state index contributed by atoms with van der Waals surface area (Å²) in [4.78, 5) is 13.5. The third-order valence-corrected chi connectivity index (χ3v) is 5.14. The van der Waals surface area contributed by atoms with Gasteiger partial charge in [-0.1, -0.05) is 6.42 Å². The summed E-state index contributed by atoms with van der Waals surface area (Å²) >= 11 is 0. The number of nitro benzene ring substituents is 1. The van der Waals surface area contributed by atoms with Gasteiger partial charge in [-0.2, -0.15) is 0 Å². The third kappa shape index (κ3) is 4.63. The second-order valence-electron chi connectivity index (χ2n) is 6.85. The molecule has 28 heavy (non-hydrogen) atoms. The van der Waals surface area contributed by atoms with E-state index in [4.69, 9.17) is 13.9 Å². The standard InChI is InChI=1S/C20H27N3O5/c1-26-19-11-15(16(23(24)25)12-20(19)27-2)13-21-14-17(18-7-6-10-28-18)22-8-4-3-5-9-22/h6-7,10-12,17,21H,3-5,8-9,13-14H2,1-2H3. The number of hydrogen-bond acceptors (Lipinski definition) is 7. The molecule has 0 bridgehead atoms. The molecule has 0 saturated carbocycles. The second-order valence-corrected chi connectivity index (χ2v) is 6.85. The van der Waals surface area contributed by atoms with Crippen LogP contribution in [0.5, 0.6) is 11.5 Å². The van der Waals surface area contributed by atoms with E-state index in [-0.39, 0.29) is 11.7 Å². The fourth-order valence-corrected chi connectivity index (χ4v) is 3.69. The number of piperidine rings is 1. The lowest BCUT2D eigenvalue weighted by Crippen LogP contribution is -2.38. The number of rotatable bonds is 9. The van der Waals surface area contributed by atoms with Gasteiger partial charge in [0.25, 0.3) is 5.69 Å². The van der Waals surface area contributed by atoms with Gasteiger partial charge in [0.05, 0.1) is 37.5 Å². The van der Waals surface area contributed by atoms with Crippen LogP contribution in [0.15, 0.2) is 34.9 Å². The summed E-state index contributed by atoms with van der Waals surface area (Å²) in [6.07, 6.45) is 5.30. The zero-order valence-electron chi connectivity index (χ0n) is 16.3. The van der Waals surface area contributed by atoms with E-state index in [1.165, 1.54) is 39.5 Å². The van der Waals surface area contributed by atoms with Crippen molar-refractivity contribution in [1.29, 1.82) is 0 Å². The van der Waals surface area contributed by atoms with Crippen molar-refractivity contribution in [1.82, 2.24) is 10.2 Å². The maximum atomic E-state index is 11.5. The number of likely N-dealkylation sites (tertiary alicyclic amines) is 1. The molecule has 0 aliphatic carbocycles. The highest BCUT2D eigenvalue weighted by Gasteiger charge is 2.25. The second kappa shape index (κ2) is 9.57. The molecule has 1 saturated heterocycles. The average Bonchev–Trinajstić information content (AvgIpc) is 3.25. The normalized spacial score (nSPS) is 15.9. The van der Waals surface area contributed by atoms with Crippen LogP contribution in [0, 0.1) is 10.1 Å². The Balaban J connectivity index is 1.73. The van der Waals surface area contributed by atoms with Crippen LogP contribution in [0.2, 0.25) is 0 Å². The lowest BCUT2D eigenvalue weighted by Gasteiger charge is -2.33. The molecule has 8 heteroatoms. The summed E-state index contributed by atoms with van der Waals surface area (Å²) in [6.45, 7) is 3.05. The Kier molecular flexibility index (Phi) is 6.89. The monoisotopic (exact) mass is 389 g/mol. The minimum absolute atomic E-state index is 0.0117. The molecule has 1 aliphatic heterocycles. The minimum atomic E-state index is -0.395. The van der Waals surface area contributed by atoms with Crippen molar-refractivity contribution in [2.24, 2.45) is 0 Å². The van der Waals surface area contributed by atoms with E-state index in [1.54, 1.807) is 12.3 Å². The minimum Gasteiger partial charge on any atom is -0.493 e. The average molecular weight is 389 g/mol.